The maximum atomic E-state index is 6.20. The van der Waals surface area contributed by atoms with Gasteiger partial charge in [0.15, 0.2) is 0 Å². The Morgan fingerprint density at radius 2 is 2.05 bits per heavy atom. The van der Waals surface area contributed by atoms with Crippen LogP contribution in [-0.2, 0) is 6.54 Å². The highest BCUT2D eigenvalue weighted by molar-refractivity contribution is 5.85. The van der Waals surface area contributed by atoms with Gasteiger partial charge in [0.25, 0.3) is 0 Å². The first kappa shape index (κ1) is 17.0. The minimum absolute atomic E-state index is 0. The van der Waals surface area contributed by atoms with E-state index in [4.69, 9.17) is 5.73 Å². The fourth-order valence-corrected chi connectivity index (χ4v) is 3.04. The zero-order valence-electron chi connectivity index (χ0n) is 13.2. The Balaban J connectivity index is 0.00000176. The summed E-state index contributed by atoms with van der Waals surface area (Å²) >= 11 is 0. The van der Waals surface area contributed by atoms with Crippen LogP contribution >= 0.6 is 12.4 Å². The monoisotopic (exact) mass is 320 g/mol. The van der Waals surface area contributed by atoms with Crippen LogP contribution in [0.5, 0.6) is 0 Å². The number of H-pyrrole nitrogens is 1. The summed E-state index contributed by atoms with van der Waals surface area (Å²) in [6.45, 7) is 7.52. The van der Waals surface area contributed by atoms with Crippen molar-refractivity contribution in [1.29, 1.82) is 0 Å². The van der Waals surface area contributed by atoms with Crippen LogP contribution in [0.15, 0.2) is 36.5 Å². The van der Waals surface area contributed by atoms with Gasteiger partial charge in [-0.05, 0) is 11.8 Å². The Morgan fingerprint density at radius 1 is 1.32 bits per heavy atom. The first-order valence-corrected chi connectivity index (χ1v) is 7.62. The lowest BCUT2D eigenvalue weighted by molar-refractivity contribution is 0.0890. The molecule has 0 amide bonds. The normalized spacial score (nSPS) is 21.3. The van der Waals surface area contributed by atoms with Crippen molar-refractivity contribution in [3.63, 3.8) is 0 Å². The van der Waals surface area contributed by atoms with Crippen LogP contribution in [0.2, 0.25) is 0 Å². The molecule has 0 bridgehead atoms. The smallest absolute Gasteiger partial charge is 0.137 e. The molecule has 0 saturated carbocycles. The second-order valence-electron chi connectivity index (χ2n) is 6.72. The summed E-state index contributed by atoms with van der Waals surface area (Å²) in [5, 5.41) is 0. The van der Waals surface area contributed by atoms with E-state index in [9.17, 15) is 0 Å². The van der Waals surface area contributed by atoms with E-state index in [1.165, 1.54) is 5.69 Å². The lowest BCUT2D eigenvalue weighted by atomic mass is 9.80. The van der Waals surface area contributed by atoms with Crippen LogP contribution in [0.25, 0.3) is 11.4 Å². The molecule has 1 unspecified atom stereocenters. The average molecular weight is 321 g/mol. The van der Waals surface area contributed by atoms with Crippen molar-refractivity contribution in [2.75, 3.05) is 13.1 Å². The molecule has 0 spiro atoms. The van der Waals surface area contributed by atoms with Gasteiger partial charge in [0, 0.05) is 43.1 Å². The molecule has 1 aromatic heterocycles. The third kappa shape index (κ3) is 3.69. The molecule has 1 aliphatic rings. The quantitative estimate of drug-likeness (QED) is 0.913. The number of aromatic amines is 1. The van der Waals surface area contributed by atoms with Crippen molar-refractivity contribution in [2.45, 2.75) is 32.9 Å². The van der Waals surface area contributed by atoms with Gasteiger partial charge in [0.05, 0.1) is 0 Å². The largest absolute Gasteiger partial charge is 0.341 e. The van der Waals surface area contributed by atoms with Crippen LogP contribution in [0.4, 0.5) is 0 Å². The summed E-state index contributed by atoms with van der Waals surface area (Å²) in [5.41, 5.74) is 8.68. The molecule has 1 fully saturated rings. The number of nitrogens with one attached hydrogen (secondary N) is 1. The Kier molecular flexibility index (Phi) is 5.27. The van der Waals surface area contributed by atoms with Crippen LogP contribution < -0.4 is 5.73 Å². The molecule has 4 nitrogen and oxygen atoms in total. The summed E-state index contributed by atoms with van der Waals surface area (Å²) in [7, 11) is 0. The summed E-state index contributed by atoms with van der Waals surface area (Å²) in [6, 6.07) is 10.5. The van der Waals surface area contributed by atoms with E-state index in [-0.39, 0.29) is 17.8 Å². The van der Waals surface area contributed by atoms with Crippen molar-refractivity contribution >= 4 is 12.4 Å². The van der Waals surface area contributed by atoms with Gasteiger partial charge >= 0.3 is 0 Å². The topological polar surface area (TPSA) is 57.9 Å². The van der Waals surface area contributed by atoms with Crippen LogP contribution in [-0.4, -0.2) is 34.0 Å². The summed E-state index contributed by atoms with van der Waals surface area (Å²) in [6.07, 6.45) is 3.01. The molecular weight excluding hydrogens is 296 g/mol. The zero-order chi connectivity index (χ0) is 14.9. The maximum Gasteiger partial charge on any atom is 0.137 e. The second kappa shape index (κ2) is 6.82. The molecule has 3 rings (SSSR count). The van der Waals surface area contributed by atoms with Gasteiger partial charge in [-0.3, -0.25) is 4.90 Å². The van der Waals surface area contributed by atoms with Gasteiger partial charge in [-0.1, -0.05) is 44.2 Å². The molecule has 1 aromatic carbocycles. The van der Waals surface area contributed by atoms with Crippen molar-refractivity contribution in [3.05, 3.63) is 42.2 Å². The van der Waals surface area contributed by atoms with Crippen molar-refractivity contribution < 1.29 is 0 Å². The molecule has 0 radical (unpaired) electrons. The number of aromatic nitrogens is 2. The number of hydrogen-bond acceptors (Lipinski definition) is 3. The Labute approximate surface area is 138 Å². The van der Waals surface area contributed by atoms with E-state index in [0.29, 0.717) is 6.04 Å². The summed E-state index contributed by atoms with van der Waals surface area (Å²) < 4.78 is 0. The molecule has 2 aromatic rings. The maximum absolute atomic E-state index is 6.20. The van der Waals surface area contributed by atoms with E-state index in [0.717, 1.165) is 37.4 Å². The molecular formula is C17H25ClN4. The third-order valence-corrected chi connectivity index (χ3v) is 4.46. The van der Waals surface area contributed by atoms with Crippen LogP contribution in [0, 0.1) is 5.41 Å². The van der Waals surface area contributed by atoms with Gasteiger partial charge in [-0.25, -0.2) is 4.98 Å². The average Bonchev–Trinajstić information content (AvgIpc) is 2.92. The minimum Gasteiger partial charge on any atom is -0.341 e. The fraction of sp³-hybridized carbons (Fsp3) is 0.471. The molecule has 0 aliphatic carbocycles. The number of nitrogens with two attached hydrogens (primary N) is 1. The fourth-order valence-electron chi connectivity index (χ4n) is 3.04. The van der Waals surface area contributed by atoms with Crippen LogP contribution in [0.3, 0.4) is 0 Å². The molecule has 3 N–H and O–H groups in total. The standard InChI is InChI=1S/C17H24N4.ClH/c1-17(2)12-21(9-8-15(17)18)11-14-10-19-16(20-14)13-6-4-3-5-7-13;/h3-7,10,15H,8-9,11-12,18H2,1-2H3,(H,19,20);1H. The third-order valence-electron chi connectivity index (χ3n) is 4.46. The number of hydrogen-bond donors (Lipinski definition) is 2. The molecule has 5 heteroatoms. The number of halogens is 1. The summed E-state index contributed by atoms with van der Waals surface area (Å²) in [4.78, 5) is 10.4. The van der Waals surface area contributed by atoms with Gasteiger partial charge in [0.2, 0.25) is 0 Å². The van der Waals surface area contributed by atoms with Gasteiger partial charge in [-0.15, -0.1) is 12.4 Å². The number of imidazole rings is 1. The summed E-state index contributed by atoms with van der Waals surface area (Å²) in [5.74, 6) is 0.943. The Hall–Kier alpha value is -1.36. The number of nitrogens with zero attached hydrogens (tertiary/aromatic N) is 2. The Bertz CT molecular complexity index is 594. The van der Waals surface area contributed by atoms with E-state index >= 15 is 0 Å². The SMILES string of the molecule is CC1(C)CN(Cc2cnc(-c3ccccc3)[nH]2)CCC1N.Cl. The predicted octanol–water partition coefficient (Wildman–Crippen LogP) is 3.06. The molecule has 1 saturated heterocycles. The number of piperidine rings is 1. The van der Waals surface area contributed by atoms with Gasteiger partial charge < -0.3 is 10.7 Å². The first-order valence-electron chi connectivity index (χ1n) is 7.62. The van der Waals surface area contributed by atoms with Crippen molar-refractivity contribution in [1.82, 2.24) is 14.9 Å². The van der Waals surface area contributed by atoms with E-state index in [1.807, 2.05) is 24.4 Å². The molecule has 1 aliphatic heterocycles. The van der Waals surface area contributed by atoms with Gasteiger partial charge in [0.1, 0.15) is 5.82 Å². The predicted molar refractivity (Wildman–Crippen MR) is 92.9 cm³/mol. The molecule has 22 heavy (non-hydrogen) atoms. The number of benzene rings is 1. The lowest BCUT2D eigenvalue weighted by Gasteiger charge is -2.42. The molecule has 1 atom stereocenters. The highest BCUT2D eigenvalue weighted by Crippen LogP contribution is 2.28. The number of likely N-dealkylation sites (tertiary alicyclic amines) is 1. The first-order chi connectivity index (χ1) is 10.0. The van der Waals surface area contributed by atoms with E-state index in [2.05, 4.69) is 40.8 Å². The second-order valence-corrected chi connectivity index (χ2v) is 6.72. The highest BCUT2D eigenvalue weighted by Gasteiger charge is 2.33. The van der Waals surface area contributed by atoms with Crippen LogP contribution in [0.1, 0.15) is 26.0 Å². The molecule has 120 valence electrons. The highest BCUT2D eigenvalue weighted by atomic mass is 35.5. The molecule has 2 heterocycles. The van der Waals surface area contributed by atoms with Crippen molar-refractivity contribution in [3.8, 4) is 11.4 Å². The van der Waals surface area contributed by atoms with E-state index < -0.39 is 0 Å². The Morgan fingerprint density at radius 3 is 2.73 bits per heavy atom. The van der Waals surface area contributed by atoms with Gasteiger partial charge in [-0.2, -0.15) is 0 Å². The zero-order valence-corrected chi connectivity index (χ0v) is 14.1. The lowest BCUT2D eigenvalue weighted by Crippen LogP contribution is -2.52. The van der Waals surface area contributed by atoms with Crippen molar-refractivity contribution in [2.24, 2.45) is 11.1 Å². The van der Waals surface area contributed by atoms with E-state index in [1.54, 1.807) is 0 Å². The minimum atomic E-state index is 0. The number of rotatable bonds is 3.